The van der Waals surface area contributed by atoms with Crippen LogP contribution in [0.1, 0.15) is 11.3 Å². The second-order valence-corrected chi connectivity index (χ2v) is 4.13. The van der Waals surface area contributed by atoms with Crippen molar-refractivity contribution >= 4 is 10.9 Å². The Kier molecular flexibility index (Phi) is 2.23. The van der Waals surface area contributed by atoms with Gasteiger partial charge in [-0.3, -0.25) is 5.10 Å². The zero-order valence-electron chi connectivity index (χ0n) is 9.62. The molecule has 0 amide bonds. The highest BCUT2D eigenvalue weighted by Crippen LogP contribution is 2.30. The van der Waals surface area contributed by atoms with Gasteiger partial charge in [0.2, 0.25) is 0 Å². The summed E-state index contributed by atoms with van der Waals surface area (Å²) in [5, 5.41) is 8.53. The van der Waals surface area contributed by atoms with Crippen molar-refractivity contribution in [2.24, 2.45) is 5.73 Å². The molecule has 2 aromatic heterocycles. The highest BCUT2D eigenvalue weighted by atomic mass is 15.1. The van der Waals surface area contributed by atoms with Gasteiger partial charge in [0.05, 0.1) is 5.69 Å². The molecule has 4 N–H and O–H groups in total. The van der Waals surface area contributed by atoms with Gasteiger partial charge in [-0.2, -0.15) is 5.10 Å². The molecule has 0 saturated heterocycles. The van der Waals surface area contributed by atoms with Crippen molar-refractivity contribution in [1.82, 2.24) is 15.2 Å². The smallest absolute Gasteiger partial charge is 0.0989 e. The van der Waals surface area contributed by atoms with E-state index in [9.17, 15) is 0 Å². The van der Waals surface area contributed by atoms with Gasteiger partial charge in [0.1, 0.15) is 0 Å². The fraction of sp³-hybridized carbons (Fsp3) is 0.154. The van der Waals surface area contributed by atoms with Gasteiger partial charge >= 0.3 is 0 Å². The number of H-pyrrole nitrogens is 2. The monoisotopic (exact) mass is 226 g/mol. The molecule has 0 bridgehead atoms. The number of hydrogen-bond acceptors (Lipinski definition) is 2. The molecule has 1 aromatic carbocycles. The number of fused-ring (bicyclic) bond motifs is 1. The summed E-state index contributed by atoms with van der Waals surface area (Å²) in [6, 6.07) is 8.19. The van der Waals surface area contributed by atoms with Crippen LogP contribution in [0.3, 0.4) is 0 Å². The molecule has 0 aliphatic rings. The normalized spacial score (nSPS) is 11.2. The predicted octanol–water partition coefficient (Wildman–Crippen LogP) is 2.33. The van der Waals surface area contributed by atoms with E-state index in [-0.39, 0.29) is 0 Å². The maximum atomic E-state index is 5.78. The van der Waals surface area contributed by atoms with Crippen molar-refractivity contribution in [3.8, 4) is 11.3 Å². The lowest BCUT2D eigenvalue weighted by atomic mass is 10.1. The van der Waals surface area contributed by atoms with Crippen molar-refractivity contribution in [2.75, 3.05) is 0 Å². The van der Waals surface area contributed by atoms with Crippen molar-refractivity contribution in [3.05, 3.63) is 41.7 Å². The first-order chi connectivity index (χ1) is 8.31. The van der Waals surface area contributed by atoms with Crippen LogP contribution in [0.5, 0.6) is 0 Å². The van der Waals surface area contributed by atoms with Crippen molar-refractivity contribution in [2.45, 2.75) is 13.5 Å². The molecular formula is C13H14N4. The molecule has 0 saturated carbocycles. The van der Waals surface area contributed by atoms with E-state index in [1.807, 2.05) is 25.3 Å². The summed E-state index contributed by atoms with van der Waals surface area (Å²) in [7, 11) is 0. The number of benzene rings is 1. The molecular weight excluding hydrogens is 212 g/mol. The van der Waals surface area contributed by atoms with E-state index in [1.54, 1.807) is 0 Å². The summed E-state index contributed by atoms with van der Waals surface area (Å²) in [6.07, 6.45) is 1.99. The summed E-state index contributed by atoms with van der Waals surface area (Å²) in [5.74, 6) is 0. The maximum absolute atomic E-state index is 5.78. The number of aromatic amines is 2. The number of aromatic nitrogens is 3. The van der Waals surface area contributed by atoms with Crippen molar-refractivity contribution < 1.29 is 0 Å². The van der Waals surface area contributed by atoms with Gasteiger partial charge < -0.3 is 10.7 Å². The minimum atomic E-state index is 0.497. The van der Waals surface area contributed by atoms with Crippen LogP contribution >= 0.6 is 0 Å². The largest absolute Gasteiger partial charge is 0.360 e. The van der Waals surface area contributed by atoms with Crippen LogP contribution < -0.4 is 5.73 Å². The third-order valence-electron chi connectivity index (χ3n) is 3.12. The van der Waals surface area contributed by atoms with Gasteiger partial charge in [-0.05, 0) is 13.0 Å². The van der Waals surface area contributed by atoms with Gasteiger partial charge in [0.25, 0.3) is 0 Å². The molecule has 2 heterocycles. The molecule has 0 spiro atoms. The molecule has 0 aliphatic carbocycles. The second kappa shape index (κ2) is 3.75. The average molecular weight is 226 g/mol. The second-order valence-electron chi connectivity index (χ2n) is 4.13. The quantitative estimate of drug-likeness (QED) is 0.627. The first-order valence-corrected chi connectivity index (χ1v) is 5.61. The predicted molar refractivity (Wildman–Crippen MR) is 68.5 cm³/mol. The van der Waals surface area contributed by atoms with Crippen LogP contribution in [0.15, 0.2) is 30.5 Å². The topological polar surface area (TPSA) is 70.5 Å². The first-order valence-electron chi connectivity index (χ1n) is 5.61. The Morgan fingerprint density at radius 1 is 1.29 bits per heavy atom. The van der Waals surface area contributed by atoms with Crippen LogP contribution in [0.25, 0.3) is 22.2 Å². The molecule has 4 nitrogen and oxygen atoms in total. The molecule has 17 heavy (non-hydrogen) atoms. The summed E-state index contributed by atoms with van der Waals surface area (Å²) >= 11 is 0. The van der Waals surface area contributed by atoms with E-state index in [0.717, 1.165) is 28.0 Å². The number of hydrogen-bond donors (Lipinski definition) is 3. The van der Waals surface area contributed by atoms with Crippen LogP contribution in [-0.2, 0) is 6.54 Å². The SMILES string of the molecule is Cc1[nH]nc(-c2c[nH]c3ccccc23)c1CN. The standard InChI is InChI=1S/C13H14N4/c1-8-10(6-14)13(17-16-8)11-7-15-12-5-3-2-4-9(11)12/h2-5,7,15H,6,14H2,1H3,(H,16,17). The lowest BCUT2D eigenvalue weighted by Crippen LogP contribution is -1.98. The zero-order valence-corrected chi connectivity index (χ0v) is 9.62. The summed E-state index contributed by atoms with van der Waals surface area (Å²) in [5.41, 5.74) is 11.1. The van der Waals surface area contributed by atoms with Crippen LogP contribution in [0, 0.1) is 6.92 Å². The lowest BCUT2D eigenvalue weighted by Gasteiger charge is -1.99. The molecule has 0 aliphatic heterocycles. The third-order valence-corrected chi connectivity index (χ3v) is 3.12. The number of aryl methyl sites for hydroxylation is 1. The van der Waals surface area contributed by atoms with E-state index >= 15 is 0 Å². The highest BCUT2D eigenvalue weighted by molar-refractivity contribution is 5.95. The molecule has 3 rings (SSSR count). The number of rotatable bonds is 2. The van der Waals surface area contributed by atoms with Crippen molar-refractivity contribution in [3.63, 3.8) is 0 Å². The molecule has 0 fully saturated rings. The molecule has 4 heteroatoms. The minimum Gasteiger partial charge on any atom is -0.360 e. The van der Waals surface area contributed by atoms with Crippen molar-refractivity contribution in [1.29, 1.82) is 0 Å². The van der Waals surface area contributed by atoms with Gasteiger partial charge in [0, 0.05) is 40.5 Å². The third kappa shape index (κ3) is 1.45. The molecule has 0 radical (unpaired) electrons. The van der Waals surface area contributed by atoms with Crippen LogP contribution in [0.2, 0.25) is 0 Å². The number of nitrogens with two attached hydrogens (primary N) is 1. The molecule has 0 unspecified atom stereocenters. The summed E-state index contributed by atoms with van der Waals surface area (Å²) in [4.78, 5) is 3.25. The summed E-state index contributed by atoms with van der Waals surface area (Å²) in [6.45, 7) is 2.49. The van der Waals surface area contributed by atoms with Gasteiger partial charge in [-0.15, -0.1) is 0 Å². The zero-order chi connectivity index (χ0) is 11.8. The Bertz CT molecular complexity index is 663. The van der Waals surface area contributed by atoms with E-state index in [2.05, 4.69) is 27.3 Å². The Morgan fingerprint density at radius 2 is 2.12 bits per heavy atom. The van der Waals surface area contributed by atoms with Crippen LogP contribution in [0.4, 0.5) is 0 Å². The van der Waals surface area contributed by atoms with Gasteiger partial charge in [-0.25, -0.2) is 0 Å². The minimum absolute atomic E-state index is 0.497. The highest BCUT2D eigenvalue weighted by Gasteiger charge is 2.14. The van der Waals surface area contributed by atoms with E-state index < -0.39 is 0 Å². The van der Waals surface area contributed by atoms with E-state index in [0.29, 0.717) is 6.54 Å². The summed E-state index contributed by atoms with van der Waals surface area (Å²) < 4.78 is 0. The Morgan fingerprint density at radius 3 is 2.94 bits per heavy atom. The number of nitrogens with one attached hydrogen (secondary N) is 2. The average Bonchev–Trinajstić information content (AvgIpc) is 2.92. The fourth-order valence-electron chi connectivity index (χ4n) is 2.19. The maximum Gasteiger partial charge on any atom is 0.0989 e. The lowest BCUT2D eigenvalue weighted by molar-refractivity contribution is 1.03. The number of para-hydroxylation sites is 1. The fourth-order valence-corrected chi connectivity index (χ4v) is 2.19. The van der Waals surface area contributed by atoms with Gasteiger partial charge in [-0.1, -0.05) is 18.2 Å². The Labute approximate surface area is 98.8 Å². The first kappa shape index (κ1) is 10.1. The van der Waals surface area contributed by atoms with Crippen LogP contribution in [-0.4, -0.2) is 15.2 Å². The van der Waals surface area contributed by atoms with Gasteiger partial charge in [0.15, 0.2) is 0 Å². The van der Waals surface area contributed by atoms with E-state index in [1.165, 1.54) is 5.39 Å². The molecule has 0 atom stereocenters. The molecule has 86 valence electrons. The Balaban J connectivity index is 2.27. The van der Waals surface area contributed by atoms with E-state index in [4.69, 9.17) is 5.73 Å². The Hall–Kier alpha value is -2.07. The number of nitrogens with zero attached hydrogens (tertiary/aromatic N) is 1. The molecule has 3 aromatic rings.